The van der Waals surface area contributed by atoms with Crippen LogP contribution in [-0.2, 0) is 15.8 Å². The van der Waals surface area contributed by atoms with Gasteiger partial charge in [0.15, 0.2) is 0 Å². The van der Waals surface area contributed by atoms with Gasteiger partial charge >= 0.3 is 12.1 Å². The predicted molar refractivity (Wildman–Crippen MR) is 66.5 cm³/mol. The molecule has 8 heteroatoms. The molecule has 0 spiro atoms. The first-order chi connectivity index (χ1) is 8.96. The Morgan fingerprint density at radius 3 is 2.25 bits per heavy atom. The van der Waals surface area contributed by atoms with Crippen LogP contribution in [-0.4, -0.2) is 17.0 Å². The molecule has 0 saturated heterocycles. The van der Waals surface area contributed by atoms with E-state index < -0.39 is 34.7 Å². The van der Waals surface area contributed by atoms with Gasteiger partial charge in [-0.3, -0.25) is 9.59 Å². The summed E-state index contributed by atoms with van der Waals surface area (Å²) < 4.78 is 38.4. The highest BCUT2D eigenvalue weighted by Crippen LogP contribution is 2.37. The molecule has 0 fully saturated rings. The second-order valence-corrected chi connectivity index (χ2v) is 5.01. The molecule has 1 aromatic carbocycles. The van der Waals surface area contributed by atoms with Crippen molar-refractivity contribution in [3.8, 4) is 0 Å². The van der Waals surface area contributed by atoms with Gasteiger partial charge in [-0.15, -0.1) is 0 Å². The summed E-state index contributed by atoms with van der Waals surface area (Å²) in [7, 11) is 0. The largest absolute Gasteiger partial charge is 0.480 e. The SMILES string of the molecule is CC(C)(C(=O)O)C(=O)Nc1ccc(Cl)cc1C(F)(F)F. The summed E-state index contributed by atoms with van der Waals surface area (Å²) in [5, 5.41) is 10.7. The van der Waals surface area contributed by atoms with Gasteiger partial charge in [0.05, 0.1) is 11.3 Å². The van der Waals surface area contributed by atoms with Crippen LogP contribution < -0.4 is 5.32 Å². The number of aliphatic carboxylic acids is 1. The Kier molecular flexibility index (Phi) is 4.33. The van der Waals surface area contributed by atoms with Crippen molar-refractivity contribution in [1.29, 1.82) is 0 Å². The van der Waals surface area contributed by atoms with Gasteiger partial charge in [-0.25, -0.2) is 0 Å². The van der Waals surface area contributed by atoms with Crippen molar-refractivity contribution in [1.82, 2.24) is 0 Å². The van der Waals surface area contributed by atoms with Crippen LogP contribution >= 0.6 is 11.6 Å². The number of hydrogen-bond acceptors (Lipinski definition) is 2. The summed E-state index contributed by atoms with van der Waals surface area (Å²) in [5.41, 5.74) is -3.54. The first kappa shape index (κ1) is 16.3. The number of anilines is 1. The summed E-state index contributed by atoms with van der Waals surface area (Å²) >= 11 is 5.49. The summed E-state index contributed by atoms with van der Waals surface area (Å²) in [6.07, 6.45) is -4.72. The lowest BCUT2D eigenvalue weighted by molar-refractivity contribution is -0.151. The lowest BCUT2D eigenvalue weighted by atomic mass is 9.92. The number of amides is 1. The number of nitrogens with one attached hydrogen (secondary N) is 1. The first-order valence-electron chi connectivity index (χ1n) is 5.38. The van der Waals surface area contributed by atoms with Crippen LogP contribution in [0.15, 0.2) is 18.2 Å². The van der Waals surface area contributed by atoms with E-state index in [0.29, 0.717) is 6.07 Å². The van der Waals surface area contributed by atoms with Crippen molar-refractivity contribution < 1.29 is 27.9 Å². The van der Waals surface area contributed by atoms with E-state index >= 15 is 0 Å². The molecule has 0 heterocycles. The molecule has 0 saturated carbocycles. The van der Waals surface area contributed by atoms with Crippen LogP contribution in [0.5, 0.6) is 0 Å². The minimum atomic E-state index is -4.72. The zero-order chi connectivity index (χ0) is 15.7. The monoisotopic (exact) mass is 309 g/mol. The number of benzene rings is 1. The van der Waals surface area contributed by atoms with Gasteiger partial charge in [-0.2, -0.15) is 13.2 Å². The molecule has 0 unspecified atom stereocenters. The van der Waals surface area contributed by atoms with Gasteiger partial charge in [0.25, 0.3) is 0 Å². The van der Waals surface area contributed by atoms with E-state index in [1.807, 2.05) is 5.32 Å². The highest BCUT2D eigenvalue weighted by atomic mass is 35.5. The molecule has 20 heavy (non-hydrogen) atoms. The summed E-state index contributed by atoms with van der Waals surface area (Å²) in [6, 6.07) is 2.80. The van der Waals surface area contributed by atoms with Crippen molar-refractivity contribution in [2.75, 3.05) is 5.32 Å². The Bertz CT molecular complexity index is 555. The number of carboxylic acids is 1. The van der Waals surface area contributed by atoms with Gasteiger partial charge in [-0.1, -0.05) is 11.6 Å². The van der Waals surface area contributed by atoms with Crippen LogP contribution in [0.25, 0.3) is 0 Å². The molecule has 0 radical (unpaired) electrons. The van der Waals surface area contributed by atoms with E-state index in [4.69, 9.17) is 16.7 Å². The summed E-state index contributed by atoms with van der Waals surface area (Å²) in [6.45, 7) is 2.18. The average molecular weight is 310 g/mol. The number of carboxylic acid groups (broad SMARTS) is 1. The maximum absolute atomic E-state index is 12.8. The van der Waals surface area contributed by atoms with E-state index in [9.17, 15) is 22.8 Å². The second kappa shape index (κ2) is 5.32. The van der Waals surface area contributed by atoms with E-state index in [2.05, 4.69) is 0 Å². The molecule has 0 aliphatic rings. The average Bonchev–Trinajstić information content (AvgIpc) is 2.29. The molecule has 1 amide bonds. The molecule has 110 valence electrons. The number of carbonyl (C=O) groups is 2. The number of halogens is 4. The Labute approximate surface area is 117 Å². The topological polar surface area (TPSA) is 66.4 Å². The van der Waals surface area contributed by atoms with E-state index in [-0.39, 0.29) is 5.02 Å². The Morgan fingerprint density at radius 1 is 1.25 bits per heavy atom. The molecule has 1 aromatic rings. The van der Waals surface area contributed by atoms with Gasteiger partial charge in [0, 0.05) is 5.02 Å². The van der Waals surface area contributed by atoms with E-state index in [1.54, 1.807) is 0 Å². The van der Waals surface area contributed by atoms with Crippen LogP contribution in [0.2, 0.25) is 5.02 Å². The molecule has 4 nitrogen and oxygen atoms in total. The van der Waals surface area contributed by atoms with Gasteiger partial charge < -0.3 is 10.4 Å². The fourth-order valence-electron chi connectivity index (χ4n) is 1.24. The van der Waals surface area contributed by atoms with Crippen LogP contribution in [0.3, 0.4) is 0 Å². The lowest BCUT2D eigenvalue weighted by Gasteiger charge is -2.20. The summed E-state index contributed by atoms with van der Waals surface area (Å²) in [4.78, 5) is 22.6. The highest BCUT2D eigenvalue weighted by molar-refractivity contribution is 6.30. The summed E-state index contributed by atoms with van der Waals surface area (Å²) in [5.74, 6) is -2.50. The van der Waals surface area contributed by atoms with Gasteiger partial charge in [0.1, 0.15) is 5.41 Å². The van der Waals surface area contributed by atoms with E-state index in [1.165, 1.54) is 6.07 Å². The number of carbonyl (C=O) groups excluding carboxylic acids is 1. The zero-order valence-corrected chi connectivity index (χ0v) is 11.3. The minimum Gasteiger partial charge on any atom is -0.480 e. The second-order valence-electron chi connectivity index (χ2n) is 4.57. The van der Waals surface area contributed by atoms with Crippen molar-refractivity contribution in [2.24, 2.45) is 5.41 Å². The Hall–Kier alpha value is -1.76. The number of hydrogen-bond donors (Lipinski definition) is 2. The van der Waals surface area contributed by atoms with Crippen molar-refractivity contribution in [3.63, 3.8) is 0 Å². The molecule has 0 aromatic heterocycles. The third kappa shape index (κ3) is 3.41. The fourth-order valence-corrected chi connectivity index (χ4v) is 1.41. The fraction of sp³-hybridized carbons (Fsp3) is 0.333. The highest BCUT2D eigenvalue weighted by Gasteiger charge is 2.39. The third-order valence-electron chi connectivity index (χ3n) is 2.64. The van der Waals surface area contributed by atoms with Crippen LogP contribution in [0.4, 0.5) is 18.9 Å². The number of alkyl halides is 3. The molecular formula is C12H11ClF3NO3. The van der Waals surface area contributed by atoms with Gasteiger partial charge in [-0.05, 0) is 32.0 Å². The first-order valence-corrected chi connectivity index (χ1v) is 5.75. The molecule has 2 N–H and O–H groups in total. The maximum Gasteiger partial charge on any atom is 0.418 e. The normalized spacial score (nSPS) is 12.1. The lowest BCUT2D eigenvalue weighted by Crippen LogP contribution is -2.38. The minimum absolute atomic E-state index is 0.146. The molecule has 0 aliphatic heterocycles. The Balaban J connectivity index is 3.17. The van der Waals surface area contributed by atoms with Crippen molar-refractivity contribution >= 4 is 29.2 Å². The molecule has 0 aliphatic carbocycles. The number of rotatable bonds is 3. The zero-order valence-electron chi connectivity index (χ0n) is 10.5. The third-order valence-corrected chi connectivity index (χ3v) is 2.87. The maximum atomic E-state index is 12.8. The molecule has 1 rings (SSSR count). The molecular weight excluding hydrogens is 299 g/mol. The predicted octanol–water partition coefficient (Wildman–Crippen LogP) is 3.41. The van der Waals surface area contributed by atoms with Crippen molar-refractivity contribution in [3.05, 3.63) is 28.8 Å². The van der Waals surface area contributed by atoms with Gasteiger partial charge in [0.2, 0.25) is 5.91 Å². The quantitative estimate of drug-likeness (QED) is 0.841. The van der Waals surface area contributed by atoms with Crippen LogP contribution in [0.1, 0.15) is 19.4 Å². The van der Waals surface area contributed by atoms with Crippen LogP contribution in [0, 0.1) is 5.41 Å². The molecule has 0 atom stereocenters. The Morgan fingerprint density at radius 2 is 1.80 bits per heavy atom. The smallest absolute Gasteiger partial charge is 0.418 e. The van der Waals surface area contributed by atoms with E-state index in [0.717, 1.165) is 19.9 Å². The van der Waals surface area contributed by atoms with Crippen molar-refractivity contribution in [2.45, 2.75) is 20.0 Å². The standard InChI is InChI=1S/C12H11ClF3NO3/c1-11(2,10(19)20)9(18)17-8-4-3-6(13)5-7(8)12(14,15)16/h3-5H,1-2H3,(H,17,18)(H,19,20). The molecule has 0 bridgehead atoms.